The van der Waals surface area contributed by atoms with Crippen LogP contribution in [0, 0.1) is 10.1 Å². The zero-order valence-corrected chi connectivity index (χ0v) is 12.8. The van der Waals surface area contributed by atoms with Crippen LogP contribution in [0.3, 0.4) is 0 Å². The molecule has 2 rings (SSSR count). The lowest BCUT2D eigenvalue weighted by Crippen LogP contribution is -2.19. The van der Waals surface area contributed by atoms with Crippen LogP contribution >= 0.6 is 0 Å². The molecule has 0 fully saturated rings. The van der Waals surface area contributed by atoms with Crippen molar-refractivity contribution in [2.45, 2.75) is 6.42 Å². The highest BCUT2D eigenvalue weighted by Crippen LogP contribution is 2.36. The first-order valence-electron chi connectivity index (χ1n) is 6.92. The minimum atomic E-state index is -0.733. The number of rotatable bonds is 6. The van der Waals surface area contributed by atoms with Gasteiger partial charge in [0.2, 0.25) is 11.7 Å². The first kappa shape index (κ1) is 16.9. The van der Waals surface area contributed by atoms with E-state index in [4.69, 9.17) is 4.74 Å². The summed E-state index contributed by atoms with van der Waals surface area (Å²) in [6, 6.07) is 11.6. The molecular formula is C16H15N3O5. The van der Waals surface area contributed by atoms with Gasteiger partial charge in [0.05, 0.1) is 24.7 Å². The molecule has 0 aromatic heterocycles. The van der Waals surface area contributed by atoms with E-state index in [1.165, 1.54) is 19.4 Å². The molecule has 8 nitrogen and oxygen atoms in total. The highest BCUT2D eigenvalue weighted by molar-refractivity contribution is 5.85. The second kappa shape index (κ2) is 7.73. The van der Waals surface area contributed by atoms with Crippen molar-refractivity contribution in [2.24, 2.45) is 5.10 Å². The van der Waals surface area contributed by atoms with Gasteiger partial charge in [-0.3, -0.25) is 14.9 Å². The smallest absolute Gasteiger partial charge is 0.315 e. The van der Waals surface area contributed by atoms with Gasteiger partial charge in [0.15, 0.2) is 5.75 Å². The number of ether oxygens (including phenoxy) is 1. The summed E-state index contributed by atoms with van der Waals surface area (Å²) in [4.78, 5) is 21.9. The number of hydrogen-bond donors (Lipinski definition) is 2. The van der Waals surface area contributed by atoms with Crippen molar-refractivity contribution in [3.05, 3.63) is 63.7 Å². The molecule has 2 aromatic carbocycles. The number of nitro benzene ring substituents is 1. The number of aromatic hydroxyl groups is 1. The van der Waals surface area contributed by atoms with Crippen molar-refractivity contribution in [3.8, 4) is 11.5 Å². The number of amides is 1. The Morgan fingerprint density at radius 3 is 2.71 bits per heavy atom. The number of methoxy groups -OCH3 is 1. The van der Waals surface area contributed by atoms with E-state index in [1.54, 1.807) is 0 Å². The molecule has 0 saturated carbocycles. The third kappa shape index (κ3) is 4.29. The van der Waals surface area contributed by atoms with E-state index in [0.717, 1.165) is 11.6 Å². The average Bonchev–Trinajstić information content (AvgIpc) is 2.56. The van der Waals surface area contributed by atoms with E-state index >= 15 is 0 Å². The monoisotopic (exact) mass is 329 g/mol. The number of nitro groups is 1. The van der Waals surface area contributed by atoms with E-state index in [0.29, 0.717) is 5.56 Å². The van der Waals surface area contributed by atoms with Gasteiger partial charge in [0, 0.05) is 11.6 Å². The first-order valence-corrected chi connectivity index (χ1v) is 6.92. The van der Waals surface area contributed by atoms with Gasteiger partial charge in [-0.15, -0.1) is 0 Å². The fourth-order valence-electron chi connectivity index (χ4n) is 1.98. The van der Waals surface area contributed by atoms with Crippen LogP contribution in [-0.4, -0.2) is 29.3 Å². The molecular weight excluding hydrogens is 314 g/mol. The van der Waals surface area contributed by atoms with E-state index in [2.05, 4.69) is 10.5 Å². The van der Waals surface area contributed by atoms with Gasteiger partial charge in [0.1, 0.15) is 0 Å². The average molecular weight is 329 g/mol. The molecule has 2 aromatic rings. The van der Waals surface area contributed by atoms with Crippen molar-refractivity contribution < 1.29 is 19.6 Å². The highest BCUT2D eigenvalue weighted by atomic mass is 16.6. The van der Waals surface area contributed by atoms with E-state index < -0.39 is 16.4 Å². The van der Waals surface area contributed by atoms with Crippen LogP contribution < -0.4 is 10.2 Å². The Balaban J connectivity index is 2.07. The summed E-state index contributed by atoms with van der Waals surface area (Å²) >= 11 is 0. The Bertz CT molecular complexity index is 775. The Labute approximate surface area is 137 Å². The molecule has 0 unspecified atom stereocenters. The predicted molar refractivity (Wildman–Crippen MR) is 87.2 cm³/mol. The van der Waals surface area contributed by atoms with Gasteiger partial charge in [-0.05, 0) is 11.6 Å². The molecule has 0 heterocycles. The molecule has 2 N–H and O–H groups in total. The molecule has 0 atom stereocenters. The van der Waals surface area contributed by atoms with Crippen LogP contribution in [0.1, 0.15) is 11.1 Å². The van der Waals surface area contributed by atoms with Gasteiger partial charge < -0.3 is 9.84 Å². The van der Waals surface area contributed by atoms with Gasteiger partial charge in [0.25, 0.3) is 0 Å². The lowest BCUT2D eigenvalue weighted by Gasteiger charge is -2.05. The number of phenolic OH excluding ortho intramolecular Hbond substituents is 1. The van der Waals surface area contributed by atoms with Crippen LogP contribution in [0.15, 0.2) is 47.6 Å². The minimum Gasteiger partial charge on any atom is -0.500 e. The summed E-state index contributed by atoms with van der Waals surface area (Å²) in [5, 5.41) is 24.3. The number of hydrazone groups is 1. The van der Waals surface area contributed by atoms with Crippen LogP contribution in [0.2, 0.25) is 0 Å². The van der Waals surface area contributed by atoms with Gasteiger partial charge >= 0.3 is 5.69 Å². The van der Waals surface area contributed by atoms with Gasteiger partial charge in [-0.2, -0.15) is 5.10 Å². The largest absolute Gasteiger partial charge is 0.500 e. The van der Waals surface area contributed by atoms with Crippen molar-refractivity contribution in [1.29, 1.82) is 0 Å². The molecule has 24 heavy (non-hydrogen) atoms. The Morgan fingerprint density at radius 2 is 2.08 bits per heavy atom. The zero-order valence-electron chi connectivity index (χ0n) is 12.8. The molecule has 0 bridgehead atoms. The predicted octanol–water partition coefficient (Wildman–Crippen LogP) is 2.00. The fourth-order valence-corrected chi connectivity index (χ4v) is 1.98. The topological polar surface area (TPSA) is 114 Å². The summed E-state index contributed by atoms with van der Waals surface area (Å²) < 4.78 is 4.88. The van der Waals surface area contributed by atoms with E-state index in [1.807, 2.05) is 30.3 Å². The van der Waals surface area contributed by atoms with Crippen LogP contribution in [0.5, 0.6) is 11.5 Å². The quantitative estimate of drug-likeness (QED) is 0.478. The third-order valence-electron chi connectivity index (χ3n) is 3.10. The summed E-state index contributed by atoms with van der Waals surface area (Å²) in [6.45, 7) is 0. The number of carbonyl (C=O) groups excluding carboxylic acids is 1. The molecule has 1 amide bonds. The van der Waals surface area contributed by atoms with Gasteiger partial charge in [-0.1, -0.05) is 30.3 Å². The molecule has 0 aliphatic rings. The zero-order chi connectivity index (χ0) is 17.5. The van der Waals surface area contributed by atoms with Crippen LogP contribution in [-0.2, 0) is 11.2 Å². The summed E-state index contributed by atoms with van der Waals surface area (Å²) in [5.41, 5.74) is 2.97. The summed E-state index contributed by atoms with van der Waals surface area (Å²) in [7, 11) is 1.28. The Kier molecular flexibility index (Phi) is 5.45. The molecule has 0 spiro atoms. The van der Waals surface area contributed by atoms with Crippen molar-refractivity contribution >= 4 is 17.8 Å². The molecule has 0 aliphatic heterocycles. The fraction of sp³-hybridized carbons (Fsp3) is 0.125. The van der Waals surface area contributed by atoms with Crippen molar-refractivity contribution in [1.82, 2.24) is 5.43 Å². The van der Waals surface area contributed by atoms with Gasteiger partial charge in [-0.25, -0.2) is 5.43 Å². The van der Waals surface area contributed by atoms with Crippen LogP contribution in [0.4, 0.5) is 5.69 Å². The number of nitrogens with zero attached hydrogens (tertiary/aromatic N) is 2. The van der Waals surface area contributed by atoms with Crippen LogP contribution in [0.25, 0.3) is 0 Å². The maximum atomic E-state index is 11.8. The molecule has 0 aliphatic carbocycles. The Hall–Kier alpha value is -3.42. The second-order valence-electron chi connectivity index (χ2n) is 4.80. The van der Waals surface area contributed by atoms with E-state index in [-0.39, 0.29) is 18.1 Å². The minimum absolute atomic E-state index is 0.0544. The molecule has 0 radical (unpaired) electrons. The van der Waals surface area contributed by atoms with E-state index in [9.17, 15) is 20.0 Å². The number of phenols is 1. The van der Waals surface area contributed by atoms with Crippen molar-refractivity contribution in [2.75, 3.05) is 7.11 Å². The standard InChI is InChI=1S/C16H15N3O5/c1-24-14-8-12(7-13(16(14)21)19(22)23)10-17-18-15(20)9-11-5-3-2-4-6-11/h2-8,10,21H,9H2,1H3,(H,18,20)/b17-10-. The molecule has 124 valence electrons. The number of benzene rings is 2. The molecule has 0 saturated heterocycles. The lowest BCUT2D eigenvalue weighted by molar-refractivity contribution is -0.386. The normalized spacial score (nSPS) is 10.5. The SMILES string of the molecule is COc1cc(/C=N\NC(=O)Cc2ccccc2)cc([N+](=O)[O-])c1O. The summed E-state index contributed by atoms with van der Waals surface area (Å²) in [6.07, 6.45) is 1.40. The second-order valence-corrected chi connectivity index (χ2v) is 4.80. The first-order chi connectivity index (χ1) is 11.5. The lowest BCUT2D eigenvalue weighted by atomic mass is 10.1. The number of nitrogens with one attached hydrogen (secondary N) is 1. The maximum Gasteiger partial charge on any atom is 0.315 e. The maximum absolute atomic E-state index is 11.8. The number of hydrogen-bond acceptors (Lipinski definition) is 6. The number of carbonyl (C=O) groups is 1. The highest BCUT2D eigenvalue weighted by Gasteiger charge is 2.19. The molecule has 8 heteroatoms. The van der Waals surface area contributed by atoms with Crippen molar-refractivity contribution in [3.63, 3.8) is 0 Å². The summed E-state index contributed by atoms with van der Waals surface area (Å²) in [5.74, 6) is -0.938. The Morgan fingerprint density at radius 1 is 1.38 bits per heavy atom. The third-order valence-corrected chi connectivity index (χ3v) is 3.10.